The van der Waals surface area contributed by atoms with Crippen molar-refractivity contribution in [2.45, 2.75) is 71.3 Å². The second-order valence-corrected chi connectivity index (χ2v) is 9.85. The van der Waals surface area contributed by atoms with E-state index in [1.54, 1.807) is 0 Å². The zero-order valence-corrected chi connectivity index (χ0v) is 13.8. The van der Waals surface area contributed by atoms with E-state index in [0.29, 0.717) is 16.7 Å². The van der Waals surface area contributed by atoms with Crippen LogP contribution < -0.4 is 10.6 Å². The minimum atomic E-state index is -0.0610. The van der Waals surface area contributed by atoms with Gasteiger partial charge in [0.25, 0.3) is 0 Å². The Morgan fingerprint density at radius 3 is 2.24 bits per heavy atom. The molecule has 1 aliphatic heterocycles. The summed E-state index contributed by atoms with van der Waals surface area (Å²) in [6, 6.07) is 0. The molecule has 3 nitrogen and oxygen atoms in total. The first-order chi connectivity index (χ1) is 9.74. The van der Waals surface area contributed by atoms with E-state index in [0.717, 1.165) is 44.7 Å². The molecule has 3 unspecified atom stereocenters. The van der Waals surface area contributed by atoms with Gasteiger partial charge in [-0.2, -0.15) is 0 Å². The quantitative estimate of drug-likeness (QED) is 0.821. The molecule has 5 rings (SSSR count). The molecule has 4 aliphatic carbocycles. The second kappa shape index (κ2) is 4.04. The van der Waals surface area contributed by atoms with Crippen molar-refractivity contribution in [3.8, 4) is 0 Å². The molecule has 0 radical (unpaired) electrons. The van der Waals surface area contributed by atoms with Crippen LogP contribution in [0.25, 0.3) is 0 Å². The normalized spacial score (nSPS) is 54.9. The van der Waals surface area contributed by atoms with Crippen molar-refractivity contribution in [3.63, 3.8) is 0 Å². The molecule has 3 atom stereocenters. The van der Waals surface area contributed by atoms with E-state index in [2.05, 4.69) is 31.4 Å². The summed E-state index contributed by atoms with van der Waals surface area (Å²) >= 11 is 0. The molecule has 1 saturated heterocycles. The van der Waals surface area contributed by atoms with Gasteiger partial charge in [0.2, 0.25) is 5.91 Å². The SMILES string of the molecule is CC12CC3CC(C)(C1)CC(C(=O)NC1(C)CCNC1)(C3)C2. The van der Waals surface area contributed by atoms with Gasteiger partial charge in [0.05, 0.1) is 11.0 Å². The Morgan fingerprint density at radius 2 is 1.71 bits per heavy atom. The van der Waals surface area contributed by atoms with Gasteiger partial charge in [-0.05, 0) is 75.2 Å². The highest BCUT2D eigenvalue weighted by atomic mass is 16.2. The van der Waals surface area contributed by atoms with Gasteiger partial charge in [0, 0.05) is 6.54 Å². The number of rotatable bonds is 2. The lowest BCUT2D eigenvalue weighted by Gasteiger charge is -2.64. The minimum Gasteiger partial charge on any atom is -0.349 e. The monoisotopic (exact) mass is 290 g/mol. The summed E-state index contributed by atoms with van der Waals surface area (Å²) in [4.78, 5) is 13.2. The van der Waals surface area contributed by atoms with Crippen molar-refractivity contribution in [2.24, 2.45) is 22.2 Å². The second-order valence-electron chi connectivity index (χ2n) is 9.85. The molecule has 3 heteroatoms. The Bertz CT molecular complexity index is 462. The molecule has 1 amide bonds. The third kappa shape index (κ3) is 2.15. The molecular formula is C18H30N2O. The Labute approximate surface area is 128 Å². The topological polar surface area (TPSA) is 41.1 Å². The summed E-state index contributed by atoms with van der Waals surface area (Å²) in [6.45, 7) is 9.04. The number of carbonyl (C=O) groups excluding carboxylic acids is 1. The van der Waals surface area contributed by atoms with Crippen LogP contribution in [0.3, 0.4) is 0 Å². The smallest absolute Gasteiger partial charge is 0.226 e. The summed E-state index contributed by atoms with van der Waals surface area (Å²) in [5.41, 5.74) is 0.747. The summed E-state index contributed by atoms with van der Waals surface area (Å²) in [5.74, 6) is 1.16. The average molecular weight is 290 g/mol. The lowest BCUT2D eigenvalue weighted by Crippen LogP contribution is -2.62. The van der Waals surface area contributed by atoms with Crippen LogP contribution >= 0.6 is 0 Å². The highest BCUT2D eigenvalue weighted by Gasteiger charge is 2.63. The van der Waals surface area contributed by atoms with E-state index in [1.807, 2.05) is 0 Å². The fraction of sp³-hybridized carbons (Fsp3) is 0.944. The Kier molecular flexibility index (Phi) is 2.70. The van der Waals surface area contributed by atoms with Gasteiger partial charge in [0.1, 0.15) is 0 Å². The summed E-state index contributed by atoms with van der Waals surface area (Å²) < 4.78 is 0. The van der Waals surface area contributed by atoms with Crippen molar-refractivity contribution in [3.05, 3.63) is 0 Å². The zero-order valence-electron chi connectivity index (χ0n) is 13.8. The summed E-state index contributed by atoms with van der Waals surface area (Å²) in [5, 5.41) is 6.84. The van der Waals surface area contributed by atoms with Crippen molar-refractivity contribution in [1.29, 1.82) is 0 Å². The van der Waals surface area contributed by atoms with Crippen LogP contribution in [0, 0.1) is 22.2 Å². The first-order valence-electron chi connectivity index (χ1n) is 8.78. The molecule has 0 aromatic carbocycles. The lowest BCUT2D eigenvalue weighted by atomic mass is 9.40. The lowest BCUT2D eigenvalue weighted by molar-refractivity contribution is -0.171. The molecule has 2 N–H and O–H groups in total. The van der Waals surface area contributed by atoms with Crippen LogP contribution in [0.15, 0.2) is 0 Å². The fourth-order valence-electron chi connectivity index (χ4n) is 7.03. The van der Waals surface area contributed by atoms with Gasteiger partial charge >= 0.3 is 0 Å². The van der Waals surface area contributed by atoms with Gasteiger partial charge in [0.15, 0.2) is 0 Å². The minimum absolute atomic E-state index is 0.0256. The maximum absolute atomic E-state index is 13.2. The van der Waals surface area contributed by atoms with Gasteiger partial charge in [-0.15, -0.1) is 0 Å². The van der Waals surface area contributed by atoms with Crippen LogP contribution in [-0.2, 0) is 4.79 Å². The number of hydrogen-bond donors (Lipinski definition) is 2. The average Bonchev–Trinajstić information content (AvgIpc) is 2.70. The van der Waals surface area contributed by atoms with E-state index in [-0.39, 0.29) is 11.0 Å². The highest BCUT2D eigenvalue weighted by molar-refractivity contribution is 5.84. The largest absolute Gasteiger partial charge is 0.349 e. The maximum atomic E-state index is 13.2. The van der Waals surface area contributed by atoms with Crippen LogP contribution in [-0.4, -0.2) is 24.5 Å². The van der Waals surface area contributed by atoms with E-state index in [1.165, 1.54) is 19.3 Å². The van der Waals surface area contributed by atoms with Gasteiger partial charge < -0.3 is 10.6 Å². The van der Waals surface area contributed by atoms with Crippen molar-refractivity contribution in [2.75, 3.05) is 13.1 Å². The van der Waals surface area contributed by atoms with Crippen LogP contribution in [0.1, 0.15) is 65.7 Å². The summed E-state index contributed by atoms with van der Waals surface area (Å²) in [6.07, 6.45) is 8.51. The van der Waals surface area contributed by atoms with Crippen LogP contribution in [0.4, 0.5) is 0 Å². The van der Waals surface area contributed by atoms with E-state index in [9.17, 15) is 4.79 Å². The van der Waals surface area contributed by atoms with E-state index in [4.69, 9.17) is 0 Å². The molecule has 5 aliphatic rings. The zero-order chi connectivity index (χ0) is 14.9. The summed E-state index contributed by atoms with van der Waals surface area (Å²) in [7, 11) is 0. The molecule has 1 heterocycles. The predicted octanol–water partition coefficient (Wildman–Crippen LogP) is 2.85. The molecule has 0 aromatic rings. The molecule has 4 saturated carbocycles. The first-order valence-corrected chi connectivity index (χ1v) is 8.78. The highest BCUT2D eigenvalue weighted by Crippen LogP contribution is 2.69. The number of carbonyl (C=O) groups is 1. The molecule has 4 bridgehead atoms. The first kappa shape index (κ1) is 14.0. The maximum Gasteiger partial charge on any atom is 0.226 e. The van der Waals surface area contributed by atoms with E-state index >= 15 is 0 Å². The van der Waals surface area contributed by atoms with Gasteiger partial charge in [-0.1, -0.05) is 13.8 Å². The number of amides is 1. The van der Waals surface area contributed by atoms with Gasteiger partial charge in [-0.3, -0.25) is 4.79 Å². The molecule has 5 fully saturated rings. The molecule has 0 aromatic heterocycles. The van der Waals surface area contributed by atoms with E-state index < -0.39 is 0 Å². The molecule has 21 heavy (non-hydrogen) atoms. The Balaban J connectivity index is 1.60. The van der Waals surface area contributed by atoms with Crippen molar-refractivity contribution < 1.29 is 4.79 Å². The van der Waals surface area contributed by atoms with Crippen LogP contribution in [0.2, 0.25) is 0 Å². The fourth-order valence-corrected chi connectivity index (χ4v) is 7.03. The third-order valence-electron chi connectivity index (χ3n) is 6.89. The molecule has 118 valence electrons. The Hall–Kier alpha value is -0.570. The van der Waals surface area contributed by atoms with Crippen LogP contribution in [0.5, 0.6) is 0 Å². The number of hydrogen-bond acceptors (Lipinski definition) is 2. The standard InChI is InChI=1S/C18H30N2O/c1-15-6-13-7-16(2,9-15)11-18(8-13,10-15)14(21)20-17(3)4-5-19-12-17/h13,19H,4-12H2,1-3H3,(H,20,21). The Morgan fingerprint density at radius 1 is 1.05 bits per heavy atom. The predicted molar refractivity (Wildman–Crippen MR) is 83.9 cm³/mol. The van der Waals surface area contributed by atoms with Crippen molar-refractivity contribution >= 4 is 5.91 Å². The van der Waals surface area contributed by atoms with Crippen molar-refractivity contribution in [1.82, 2.24) is 10.6 Å². The third-order valence-corrected chi connectivity index (χ3v) is 6.89. The number of nitrogens with one attached hydrogen (secondary N) is 2. The molecular weight excluding hydrogens is 260 g/mol. The van der Waals surface area contributed by atoms with Gasteiger partial charge in [-0.25, -0.2) is 0 Å². The molecule has 0 spiro atoms.